The number of carbonyl (C=O) groups excluding carboxylic acids is 2. The Kier molecular flexibility index (Phi) is 4.50. The largest absolute Gasteiger partial charge is 0.355 e. The summed E-state index contributed by atoms with van der Waals surface area (Å²) in [7, 11) is 0. The third kappa shape index (κ3) is 3.35. The van der Waals surface area contributed by atoms with Gasteiger partial charge >= 0.3 is 0 Å². The normalized spacial score (nSPS) is 22.9. The average Bonchev–Trinajstić information content (AvgIpc) is 2.80. The first-order chi connectivity index (χ1) is 10.7. The zero-order valence-electron chi connectivity index (χ0n) is 12.6. The van der Waals surface area contributed by atoms with Crippen molar-refractivity contribution in [2.45, 2.75) is 19.3 Å². The Morgan fingerprint density at radius 1 is 1.27 bits per heavy atom. The van der Waals surface area contributed by atoms with Crippen LogP contribution in [0.3, 0.4) is 0 Å². The van der Waals surface area contributed by atoms with E-state index in [9.17, 15) is 9.59 Å². The molecule has 0 bridgehead atoms. The smallest absolute Gasteiger partial charge is 0.227 e. The highest BCUT2D eigenvalue weighted by atomic mass is 16.2. The van der Waals surface area contributed by atoms with E-state index >= 15 is 0 Å². The van der Waals surface area contributed by atoms with E-state index in [1.165, 1.54) is 0 Å². The van der Waals surface area contributed by atoms with Crippen LogP contribution in [0, 0.1) is 5.92 Å². The summed E-state index contributed by atoms with van der Waals surface area (Å²) in [5, 5.41) is 2.81. The minimum absolute atomic E-state index is 0.0241. The zero-order chi connectivity index (χ0) is 15.4. The predicted molar refractivity (Wildman–Crippen MR) is 81.2 cm³/mol. The summed E-state index contributed by atoms with van der Waals surface area (Å²) in [6.45, 7) is 3.25. The van der Waals surface area contributed by atoms with Crippen LogP contribution in [0.5, 0.6) is 0 Å². The molecule has 7 heteroatoms. The van der Waals surface area contributed by atoms with Gasteiger partial charge in [0.15, 0.2) is 0 Å². The molecule has 1 aromatic heterocycles. The minimum atomic E-state index is -0.0241. The van der Waals surface area contributed by atoms with E-state index in [1.807, 2.05) is 4.90 Å². The third-order valence-corrected chi connectivity index (χ3v) is 4.27. The van der Waals surface area contributed by atoms with Crippen molar-refractivity contribution in [3.63, 3.8) is 0 Å². The van der Waals surface area contributed by atoms with E-state index in [0.29, 0.717) is 32.6 Å². The van der Waals surface area contributed by atoms with Gasteiger partial charge in [-0.15, -0.1) is 0 Å². The fourth-order valence-electron chi connectivity index (χ4n) is 3.09. The number of hydrogen-bond donors (Lipinski definition) is 1. The van der Waals surface area contributed by atoms with Crippen molar-refractivity contribution in [3.8, 4) is 0 Å². The second kappa shape index (κ2) is 6.72. The van der Waals surface area contributed by atoms with Gasteiger partial charge in [0.25, 0.3) is 0 Å². The highest BCUT2D eigenvalue weighted by Gasteiger charge is 2.30. The SMILES string of the molecule is O=C1CCN(C(=O)[C@H]2CCCN(c3cnccn3)C2)CCN1. The molecule has 0 spiro atoms. The van der Waals surface area contributed by atoms with E-state index in [2.05, 4.69) is 20.2 Å². The predicted octanol–water partition coefficient (Wildman–Crippen LogP) is 0.0415. The number of aromatic nitrogens is 2. The van der Waals surface area contributed by atoms with E-state index in [0.717, 1.165) is 25.2 Å². The number of carbonyl (C=O) groups is 2. The molecule has 1 N–H and O–H groups in total. The highest BCUT2D eigenvalue weighted by molar-refractivity contribution is 5.82. The van der Waals surface area contributed by atoms with E-state index < -0.39 is 0 Å². The molecule has 118 valence electrons. The molecule has 2 aliphatic rings. The number of rotatable bonds is 2. The molecule has 7 nitrogen and oxygen atoms in total. The Hall–Kier alpha value is -2.18. The Bertz CT molecular complexity index is 536. The fraction of sp³-hybridized carbons (Fsp3) is 0.600. The van der Waals surface area contributed by atoms with Crippen molar-refractivity contribution in [1.29, 1.82) is 0 Å². The van der Waals surface area contributed by atoms with Gasteiger partial charge < -0.3 is 15.1 Å². The topological polar surface area (TPSA) is 78.4 Å². The zero-order valence-corrected chi connectivity index (χ0v) is 12.6. The van der Waals surface area contributed by atoms with Crippen LogP contribution in [0.15, 0.2) is 18.6 Å². The molecular formula is C15H21N5O2. The minimum Gasteiger partial charge on any atom is -0.355 e. The summed E-state index contributed by atoms with van der Waals surface area (Å²) in [5.74, 6) is 0.988. The lowest BCUT2D eigenvalue weighted by molar-refractivity contribution is -0.135. The van der Waals surface area contributed by atoms with E-state index in [4.69, 9.17) is 0 Å². The van der Waals surface area contributed by atoms with Crippen LogP contribution in [-0.4, -0.2) is 59.4 Å². The van der Waals surface area contributed by atoms with Gasteiger partial charge in [0.2, 0.25) is 11.8 Å². The number of nitrogens with one attached hydrogen (secondary N) is 1. The molecule has 0 aromatic carbocycles. The highest BCUT2D eigenvalue weighted by Crippen LogP contribution is 2.22. The summed E-state index contributed by atoms with van der Waals surface area (Å²) >= 11 is 0. The Labute approximate surface area is 129 Å². The maximum absolute atomic E-state index is 12.7. The van der Waals surface area contributed by atoms with Gasteiger partial charge in [-0.1, -0.05) is 0 Å². The molecule has 0 aliphatic carbocycles. The molecule has 0 unspecified atom stereocenters. The van der Waals surface area contributed by atoms with Crippen LogP contribution < -0.4 is 10.2 Å². The van der Waals surface area contributed by atoms with Crippen LogP contribution in [0.4, 0.5) is 5.82 Å². The average molecular weight is 303 g/mol. The monoisotopic (exact) mass is 303 g/mol. The summed E-state index contributed by atoms with van der Waals surface area (Å²) in [4.78, 5) is 36.5. The van der Waals surface area contributed by atoms with Crippen molar-refractivity contribution in [1.82, 2.24) is 20.2 Å². The molecule has 22 heavy (non-hydrogen) atoms. The van der Waals surface area contributed by atoms with Gasteiger partial charge in [0, 0.05) is 51.5 Å². The number of nitrogens with zero attached hydrogens (tertiary/aromatic N) is 4. The Morgan fingerprint density at radius 3 is 3.00 bits per heavy atom. The van der Waals surface area contributed by atoms with Gasteiger partial charge in [-0.3, -0.25) is 14.6 Å². The Morgan fingerprint density at radius 2 is 2.18 bits per heavy atom. The van der Waals surface area contributed by atoms with Crippen molar-refractivity contribution >= 4 is 17.6 Å². The van der Waals surface area contributed by atoms with Gasteiger partial charge in [0.05, 0.1) is 12.1 Å². The number of amides is 2. The molecule has 2 amide bonds. The first-order valence-electron chi connectivity index (χ1n) is 7.80. The maximum atomic E-state index is 12.7. The van der Waals surface area contributed by atoms with Crippen molar-refractivity contribution in [2.75, 3.05) is 37.6 Å². The van der Waals surface area contributed by atoms with Crippen LogP contribution in [0.25, 0.3) is 0 Å². The number of hydrogen-bond acceptors (Lipinski definition) is 5. The summed E-state index contributed by atoms with van der Waals surface area (Å²) < 4.78 is 0. The lowest BCUT2D eigenvalue weighted by Crippen LogP contribution is -2.46. The first kappa shape index (κ1) is 14.7. The van der Waals surface area contributed by atoms with Crippen molar-refractivity contribution in [3.05, 3.63) is 18.6 Å². The van der Waals surface area contributed by atoms with E-state index in [-0.39, 0.29) is 17.7 Å². The van der Waals surface area contributed by atoms with Crippen LogP contribution >= 0.6 is 0 Å². The summed E-state index contributed by atoms with van der Waals surface area (Å²) in [6.07, 6.45) is 7.32. The summed E-state index contributed by atoms with van der Waals surface area (Å²) in [6, 6.07) is 0. The molecule has 2 fully saturated rings. The van der Waals surface area contributed by atoms with Gasteiger partial charge in [-0.05, 0) is 12.8 Å². The third-order valence-electron chi connectivity index (χ3n) is 4.27. The number of anilines is 1. The fourth-order valence-corrected chi connectivity index (χ4v) is 3.09. The maximum Gasteiger partial charge on any atom is 0.227 e. The molecule has 1 atom stereocenters. The molecule has 0 radical (unpaired) electrons. The van der Waals surface area contributed by atoms with Gasteiger partial charge in [-0.2, -0.15) is 0 Å². The van der Waals surface area contributed by atoms with Crippen LogP contribution in [0.1, 0.15) is 19.3 Å². The first-order valence-corrected chi connectivity index (χ1v) is 7.80. The van der Waals surface area contributed by atoms with Gasteiger partial charge in [-0.25, -0.2) is 4.98 Å². The molecule has 2 aliphatic heterocycles. The van der Waals surface area contributed by atoms with E-state index in [1.54, 1.807) is 18.6 Å². The quantitative estimate of drug-likeness (QED) is 0.835. The molecule has 3 rings (SSSR count). The molecular weight excluding hydrogens is 282 g/mol. The van der Waals surface area contributed by atoms with Gasteiger partial charge in [0.1, 0.15) is 5.82 Å². The molecule has 1 aromatic rings. The standard InChI is InChI=1S/C15H21N5O2/c21-14-3-8-19(9-6-18-14)15(22)12-2-1-7-20(11-12)13-10-16-4-5-17-13/h4-5,10,12H,1-3,6-9,11H2,(H,18,21)/t12-/m0/s1. The van der Waals surface area contributed by atoms with Crippen LogP contribution in [0.2, 0.25) is 0 Å². The summed E-state index contributed by atoms with van der Waals surface area (Å²) in [5.41, 5.74) is 0. The molecule has 3 heterocycles. The molecule has 0 saturated carbocycles. The number of piperidine rings is 1. The molecule has 2 saturated heterocycles. The van der Waals surface area contributed by atoms with Crippen molar-refractivity contribution in [2.24, 2.45) is 5.92 Å². The lowest BCUT2D eigenvalue weighted by Gasteiger charge is -2.35. The van der Waals surface area contributed by atoms with Crippen molar-refractivity contribution < 1.29 is 9.59 Å². The second-order valence-electron chi connectivity index (χ2n) is 5.77. The second-order valence-corrected chi connectivity index (χ2v) is 5.77. The lowest BCUT2D eigenvalue weighted by atomic mass is 9.96. The van der Waals surface area contributed by atoms with Crippen LogP contribution in [-0.2, 0) is 9.59 Å². The Balaban J connectivity index is 1.64.